The fraction of sp³-hybridized carbons (Fsp3) is 0.278. The average Bonchev–Trinajstić information content (AvgIpc) is 2.61. The normalized spacial score (nSPS) is 11.4. The fourth-order valence-electron chi connectivity index (χ4n) is 2.35. The van der Waals surface area contributed by atoms with Crippen LogP contribution in [-0.2, 0) is 23.0 Å². The molecular weight excluding hydrogens is 418 g/mol. The van der Waals surface area contributed by atoms with Crippen molar-refractivity contribution < 1.29 is 13.2 Å². The van der Waals surface area contributed by atoms with Crippen LogP contribution in [-0.4, -0.2) is 39.4 Å². The minimum atomic E-state index is -3.56. The molecule has 0 aliphatic heterocycles. The number of rotatable bonds is 7. The third-order valence-electron chi connectivity index (χ3n) is 3.81. The van der Waals surface area contributed by atoms with Crippen LogP contribution in [0.25, 0.3) is 0 Å². The monoisotopic (exact) mass is 439 g/mol. The van der Waals surface area contributed by atoms with Crippen molar-refractivity contribution in [1.29, 1.82) is 0 Å². The zero-order chi connectivity index (χ0) is 19.2. The number of hydrogen-bond donors (Lipinski definition) is 2. The van der Waals surface area contributed by atoms with E-state index in [1.165, 1.54) is 20.2 Å². The average molecular weight is 440 g/mol. The number of nitrogens with one attached hydrogen (secondary N) is 2. The smallest absolute Gasteiger partial charge is 0.315 e. The summed E-state index contributed by atoms with van der Waals surface area (Å²) in [5, 5.41) is 5.49. The highest BCUT2D eigenvalue weighted by Crippen LogP contribution is 2.18. The molecular formula is C18H22BrN3O3S. The van der Waals surface area contributed by atoms with E-state index in [1.807, 2.05) is 24.3 Å². The Morgan fingerprint density at radius 1 is 1.00 bits per heavy atom. The number of halogens is 1. The van der Waals surface area contributed by atoms with Gasteiger partial charge in [0.2, 0.25) is 10.0 Å². The molecule has 2 aromatic carbocycles. The van der Waals surface area contributed by atoms with Crippen LogP contribution in [0.1, 0.15) is 11.1 Å². The highest BCUT2D eigenvalue weighted by Gasteiger charge is 2.20. The third kappa shape index (κ3) is 5.30. The van der Waals surface area contributed by atoms with Crippen molar-refractivity contribution in [1.82, 2.24) is 14.9 Å². The Morgan fingerprint density at radius 3 is 2.27 bits per heavy atom. The van der Waals surface area contributed by atoms with Gasteiger partial charge in [0.25, 0.3) is 0 Å². The van der Waals surface area contributed by atoms with Crippen LogP contribution in [0.2, 0.25) is 0 Å². The maximum Gasteiger partial charge on any atom is 0.315 e. The maximum absolute atomic E-state index is 12.4. The van der Waals surface area contributed by atoms with E-state index in [2.05, 4.69) is 26.6 Å². The van der Waals surface area contributed by atoms with E-state index in [-0.39, 0.29) is 17.5 Å². The Kier molecular flexibility index (Phi) is 7.19. The Morgan fingerprint density at radius 2 is 1.62 bits per heavy atom. The summed E-state index contributed by atoms with van der Waals surface area (Å²) in [4.78, 5) is 12.2. The minimum Gasteiger partial charge on any atom is -0.338 e. The summed E-state index contributed by atoms with van der Waals surface area (Å²) < 4.78 is 26.9. The Labute approximate surface area is 162 Å². The SMILES string of the molecule is CN(C)S(=O)(=O)c1ccccc1CNC(=O)NCCc1ccccc1Br. The van der Waals surface area contributed by atoms with Gasteiger partial charge in [0.15, 0.2) is 0 Å². The first-order valence-corrected chi connectivity index (χ1v) is 10.3. The topological polar surface area (TPSA) is 78.5 Å². The second kappa shape index (κ2) is 9.16. The molecule has 6 nitrogen and oxygen atoms in total. The highest BCUT2D eigenvalue weighted by atomic mass is 79.9. The van der Waals surface area contributed by atoms with Crippen LogP contribution < -0.4 is 10.6 Å². The molecule has 8 heteroatoms. The number of amides is 2. The van der Waals surface area contributed by atoms with Gasteiger partial charge in [-0.15, -0.1) is 0 Å². The zero-order valence-corrected chi connectivity index (χ0v) is 17.1. The molecule has 0 heterocycles. The molecule has 0 bridgehead atoms. The van der Waals surface area contributed by atoms with Crippen LogP contribution in [0, 0.1) is 0 Å². The first-order valence-electron chi connectivity index (χ1n) is 8.08. The lowest BCUT2D eigenvalue weighted by molar-refractivity contribution is 0.240. The zero-order valence-electron chi connectivity index (χ0n) is 14.7. The second-order valence-electron chi connectivity index (χ2n) is 5.85. The molecule has 0 unspecified atom stereocenters. The second-order valence-corrected chi connectivity index (χ2v) is 8.82. The van der Waals surface area contributed by atoms with Gasteiger partial charge in [-0.1, -0.05) is 52.3 Å². The molecule has 0 spiro atoms. The van der Waals surface area contributed by atoms with Crippen LogP contribution in [0.4, 0.5) is 4.79 Å². The molecule has 0 fully saturated rings. The number of urea groups is 1. The van der Waals surface area contributed by atoms with Gasteiger partial charge in [-0.2, -0.15) is 0 Å². The quantitative estimate of drug-likeness (QED) is 0.695. The van der Waals surface area contributed by atoms with Gasteiger partial charge in [0.1, 0.15) is 0 Å². The van der Waals surface area contributed by atoms with Crippen LogP contribution >= 0.6 is 15.9 Å². The van der Waals surface area contributed by atoms with Crippen molar-refractivity contribution in [2.75, 3.05) is 20.6 Å². The van der Waals surface area contributed by atoms with Crippen LogP contribution in [0.15, 0.2) is 57.9 Å². The minimum absolute atomic E-state index is 0.129. The summed E-state index contributed by atoms with van der Waals surface area (Å²) in [6.45, 7) is 0.607. The summed E-state index contributed by atoms with van der Waals surface area (Å²) in [7, 11) is -0.597. The molecule has 0 aliphatic rings. The molecule has 0 radical (unpaired) electrons. The Balaban J connectivity index is 1.91. The molecule has 26 heavy (non-hydrogen) atoms. The van der Waals surface area contributed by atoms with E-state index >= 15 is 0 Å². The van der Waals surface area contributed by atoms with Crippen molar-refractivity contribution >= 4 is 32.0 Å². The number of nitrogens with zero attached hydrogens (tertiary/aromatic N) is 1. The molecule has 0 aromatic heterocycles. The maximum atomic E-state index is 12.4. The molecule has 2 N–H and O–H groups in total. The highest BCUT2D eigenvalue weighted by molar-refractivity contribution is 9.10. The Bertz CT molecular complexity index is 869. The van der Waals surface area contributed by atoms with Crippen LogP contribution in [0.3, 0.4) is 0 Å². The predicted molar refractivity (Wildman–Crippen MR) is 105 cm³/mol. The molecule has 0 atom stereocenters. The van der Waals surface area contributed by atoms with Gasteiger partial charge in [-0.3, -0.25) is 0 Å². The van der Waals surface area contributed by atoms with Gasteiger partial charge >= 0.3 is 6.03 Å². The van der Waals surface area contributed by atoms with E-state index in [0.717, 1.165) is 14.3 Å². The lowest BCUT2D eigenvalue weighted by Gasteiger charge is -2.15. The van der Waals surface area contributed by atoms with Crippen LogP contribution in [0.5, 0.6) is 0 Å². The van der Waals surface area contributed by atoms with Gasteiger partial charge < -0.3 is 10.6 Å². The van der Waals surface area contributed by atoms with E-state index in [0.29, 0.717) is 18.5 Å². The summed E-state index contributed by atoms with van der Waals surface area (Å²) in [5.74, 6) is 0. The van der Waals surface area contributed by atoms with Crippen molar-refractivity contribution in [2.24, 2.45) is 0 Å². The Hall–Kier alpha value is -1.90. The number of carbonyl (C=O) groups excluding carboxylic acids is 1. The summed E-state index contributed by atoms with van der Waals surface area (Å²) in [6, 6.07) is 14.1. The van der Waals surface area contributed by atoms with Gasteiger partial charge in [0.05, 0.1) is 4.90 Å². The lowest BCUT2D eigenvalue weighted by atomic mass is 10.1. The molecule has 0 saturated carbocycles. The molecule has 2 amide bonds. The van der Waals surface area contributed by atoms with E-state index in [4.69, 9.17) is 0 Å². The van der Waals surface area contributed by atoms with E-state index in [1.54, 1.807) is 18.2 Å². The van der Waals surface area contributed by atoms with E-state index in [9.17, 15) is 13.2 Å². The van der Waals surface area contributed by atoms with E-state index < -0.39 is 10.0 Å². The largest absolute Gasteiger partial charge is 0.338 e. The van der Waals surface area contributed by atoms with Crippen molar-refractivity contribution in [2.45, 2.75) is 17.9 Å². The standard InChI is InChI=1S/C18H22BrN3O3S/c1-22(2)26(24,25)17-10-6-4-8-15(17)13-21-18(23)20-12-11-14-7-3-5-9-16(14)19/h3-10H,11-13H2,1-2H3,(H2,20,21,23). The fourth-order valence-corrected chi connectivity index (χ4v) is 3.95. The summed E-state index contributed by atoms with van der Waals surface area (Å²) in [6.07, 6.45) is 0.695. The first-order chi connectivity index (χ1) is 12.3. The van der Waals surface area contributed by atoms with Gasteiger partial charge in [-0.05, 0) is 29.7 Å². The molecule has 0 saturated heterocycles. The predicted octanol–water partition coefficient (Wildman–Crippen LogP) is 2.74. The van der Waals surface area contributed by atoms with Crippen molar-refractivity contribution in [3.05, 3.63) is 64.1 Å². The molecule has 2 rings (SSSR count). The van der Waals surface area contributed by atoms with Crippen molar-refractivity contribution in [3.63, 3.8) is 0 Å². The summed E-state index contributed by atoms with van der Waals surface area (Å²) >= 11 is 3.47. The van der Waals surface area contributed by atoms with Gasteiger partial charge in [-0.25, -0.2) is 17.5 Å². The molecule has 2 aromatic rings. The number of carbonyl (C=O) groups is 1. The molecule has 140 valence electrons. The van der Waals surface area contributed by atoms with Gasteiger partial charge in [0, 0.05) is 31.7 Å². The lowest BCUT2D eigenvalue weighted by Crippen LogP contribution is -2.36. The number of hydrogen-bond acceptors (Lipinski definition) is 3. The third-order valence-corrected chi connectivity index (χ3v) is 6.50. The number of sulfonamides is 1. The molecule has 0 aliphatic carbocycles. The summed E-state index contributed by atoms with van der Waals surface area (Å²) in [5.41, 5.74) is 1.65. The number of benzene rings is 2. The first kappa shape index (κ1) is 20.4. The van der Waals surface area contributed by atoms with Crippen molar-refractivity contribution in [3.8, 4) is 0 Å².